The van der Waals surface area contributed by atoms with E-state index >= 15 is 0 Å². The molecule has 0 bridgehead atoms. The quantitative estimate of drug-likeness (QED) is 0.860. The van der Waals surface area contributed by atoms with E-state index in [2.05, 4.69) is 9.97 Å². The van der Waals surface area contributed by atoms with Crippen molar-refractivity contribution in [2.24, 2.45) is 0 Å². The average molecular weight is 234 g/mol. The van der Waals surface area contributed by atoms with Crippen LogP contribution in [0.15, 0.2) is 12.3 Å². The van der Waals surface area contributed by atoms with Crippen LogP contribution in [0.2, 0.25) is 0 Å². The minimum Gasteiger partial charge on any atom is -0.368 e. The van der Waals surface area contributed by atoms with Crippen LogP contribution >= 0.6 is 0 Å². The van der Waals surface area contributed by atoms with Crippen molar-refractivity contribution in [3.63, 3.8) is 0 Å². The Balaban J connectivity index is 2.17. The van der Waals surface area contributed by atoms with Crippen LogP contribution in [0.5, 0.6) is 0 Å². The molecule has 0 aromatic carbocycles. The lowest BCUT2D eigenvalue weighted by molar-refractivity contribution is -0.132. The number of carbonyl (C=O) groups is 1. The van der Waals surface area contributed by atoms with Gasteiger partial charge in [-0.1, -0.05) is 6.92 Å². The monoisotopic (exact) mass is 234 g/mol. The molecule has 2 heterocycles. The van der Waals surface area contributed by atoms with Crippen LogP contribution in [-0.4, -0.2) is 27.3 Å². The standard InChI is InChI=1S/C12H18N4O/c1-2-4-11(17)16-8-3-5-10(16)9-6-7-14-12(13)15-9/h6-7,10H,2-5,8H2,1H3,(H2,13,14,15). The number of nitrogens with two attached hydrogens (primary N) is 1. The number of aromatic nitrogens is 2. The first-order valence-corrected chi connectivity index (χ1v) is 6.10. The van der Waals surface area contributed by atoms with Gasteiger partial charge in [0.25, 0.3) is 0 Å². The number of nitrogen functional groups attached to an aromatic ring is 1. The van der Waals surface area contributed by atoms with Crippen LogP contribution < -0.4 is 5.73 Å². The lowest BCUT2D eigenvalue weighted by Crippen LogP contribution is -2.30. The Morgan fingerprint density at radius 3 is 3.18 bits per heavy atom. The van der Waals surface area contributed by atoms with Crippen LogP contribution in [0, 0.1) is 0 Å². The fraction of sp³-hybridized carbons (Fsp3) is 0.583. The Bertz CT molecular complexity index is 407. The summed E-state index contributed by atoms with van der Waals surface area (Å²) < 4.78 is 0. The SMILES string of the molecule is CCCC(=O)N1CCCC1c1ccnc(N)n1. The molecule has 0 spiro atoms. The topological polar surface area (TPSA) is 72.1 Å². The van der Waals surface area contributed by atoms with Gasteiger partial charge in [0.2, 0.25) is 11.9 Å². The molecule has 5 heteroatoms. The molecule has 5 nitrogen and oxygen atoms in total. The summed E-state index contributed by atoms with van der Waals surface area (Å²) in [5.74, 6) is 0.490. The predicted octanol–water partition coefficient (Wildman–Crippen LogP) is 1.52. The van der Waals surface area contributed by atoms with Gasteiger partial charge in [-0.05, 0) is 25.3 Å². The second kappa shape index (κ2) is 5.12. The Hall–Kier alpha value is -1.65. The van der Waals surface area contributed by atoms with Crippen molar-refractivity contribution in [3.05, 3.63) is 18.0 Å². The normalized spacial score (nSPS) is 19.6. The van der Waals surface area contributed by atoms with E-state index in [0.717, 1.165) is 31.5 Å². The van der Waals surface area contributed by atoms with E-state index in [4.69, 9.17) is 5.73 Å². The fourth-order valence-corrected chi connectivity index (χ4v) is 2.30. The number of likely N-dealkylation sites (tertiary alicyclic amines) is 1. The summed E-state index contributed by atoms with van der Waals surface area (Å²) >= 11 is 0. The van der Waals surface area contributed by atoms with Crippen molar-refractivity contribution in [2.45, 2.75) is 38.6 Å². The highest BCUT2D eigenvalue weighted by Crippen LogP contribution is 2.31. The smallest absolute Gasteiger partial charge is 0.223 e. The van der Waals surface area contributed by atoms with Gasteiger partial charge in [-0.15, -0.1) is 0 Å². The molecule has 1 amide bonds. The average Bonchev–Trinajstić information content (AvgIpc) is 2.78. The summed E-state index contributed by atoms with van der Waals surface area (Å²) in [6.45, 7) is 2.85. The van der Waals surface area contributed by atoms with Crippen LogP contribution in [0.25, 0.3) is 0 Å². The number of carbonyl (C=O) groups excluding carboxylic acids is 1. The van der Waals surface area contributed by atoms with Gasteiger partial charge in [0.05, 0.1) is 11.7 Å². The maximum Gasteiger partial charge on any atom is 0.223 e. The zero-order valence-corrected chi connectivity index (χ0v) is 10.1. The van der Waals surface area contributed by atoms with Crippen LogP contribution in [-0.2, 0) is 4.79 Å². The van der Waals surface area contributed by atoms with Gasteiger partial charge in [-0.25, -0.2) is 9.97 Å². The van der Waals surface area contributed by atoms with E-state index in [1.165, 1.54) is 0 Å². The van der Waals surface area contributed by atoms with Gasteiger partial charge in [-0.3, -0.25) is 4.79 Å². The zero-order valence-electron chi connectivity index (χ0n) is 10.1. The number of anilines is 1. The molecule has 0 aliphatic carbocycles. The summed E-state index contributed by atoms with van der Waals surface area (Å²) in [7, 11) is 0. The Labute approximate surface area is 101 Å². The van der Waals surface area contributed by atoms with Crippen molar-refractivity contribution in [2.75, 3.05) is 12.3 Å². The van der Waals surface area contributed by atoms with Crippen molar-refractivity contribution >= 4 is 11.9 Å². The molecule has 1 fully saturated rings. The van der Waals surface area contributed by atoms with Gasteiger partial charge in [0, 0.05) is 19.2 Å². The summed E-state index contributed by atoms with van der Waals surface area (Å²) in [5, 5.41) is 0. The third kappa shape index (κ3) is 2.54. The molecular formula is C12H18N4O. The molecule has 1 aromatic rings. The first-order valence-electron chi connectivity index (χ1n) is 6.10. The van der Waals surface area contributed by atoms with Gasteiger partial charge in [0.1, 0.15) is 0 Å². The van der Waals surface area contributed by atoms with E-state index in [-0.39, 0.29) is 17.9 Å². The van der Waals surface area contributed by atoms with Gasteiger partial charge >= 0.3 is 0 Å². The third-order valence-electron chi connectivity index (χ3n) is 3.07. The highest BCUT2D eigenvalue weighted by atomic mass is 16.2. The van der Waals surface area contributed by atoms with E-state index < -0.39 is 0 Å². The minimum absolute atomic E-state index is 0.0827. The van der Waals surface area contributed by atoms with Gasteiger partial charge < -0.3 is 10.6 Å². The van der Waals surface area contributed by atoms with Gasteiger partial charge in [-0.2, -0.15) is 0 Å². The molecular weight excluding hydrogens is 216 g/mol. The molecule has 1 atom stereocenters. The molecule has 0 radical (unpaired) electrons. The third-order valence-corrected chi connectivity index (χ3v) is 3.07. The van der Waals surface area contributed by atoms with Crippen molar-refractivity contribution < 1.29 is 4.79 Å². The number of rotatable bonds is 3. The summed E-state index contributed by atoms with van der Waals surface area (Å²) in [4.78, 5) is 22.0. The number of nitrogens with zero attached hydrogens (tertiary/aromatic N) is 3. The molecule has 1 aliphatic rings. The number of hydrogen-bond acceptors (Lipinski definition) is 4. The molecule has 2 N–H and O–H groups in total. The van der Waals surface area contributed by atoms with Crippen LogP contribution in [0.1, 0.15) is 44.3 Å². The number of hydrogen-bond donors (Lipinski definition) is 1. The Morgan fingerprint density at radius 2 is 2.47 bits per heavy atom. The molecule has 17 heavy (non-hydrogen) atoms. The van der Waals surface area contributed by atoms with Crippen LogP contribution in [0.3, 0.4) is 0 Å². The molecule has 1 aromatic heterocycles. The maximum absolute atomic E-state index is 12.0. The van der Waals surface area contributed by atoms with Crippen molar-refractivity contribution in [1.82, 2.24) is 14.9 Å². The second-order valence-electron chi connectivity index (χ2n) is 4.33. The van der Waals surface area contributed by atoms with E-state index in [1.807, 2.05) is 17.9 Å². The fourth-order valence-electron chi connectivity index (χ4n) is 2.30. The molecule has 2 rings (SSSR count). The lowest BCUT2D eigenvalue weighted by atomic mass is 10.1. The number of amides is 1. The summed E-state index contributed by atoms with van der Waals surface area (Å²) in [6, 6.07) is 1.93. The van der Waals surface area contributed by atoms with Gasteiger partial charge in [0.15, 0.2) is 0 Å². The summed E-state index contributed by atoms with van der Waals surface area (Å²) in [5.41, 5.74) is 6.44. The van der Waals surface area contributed by atoms with E-state index in [0.29, 0.717) is 6.42 Å². The van der Waals surface area contributed by atoms with Crippen molar-refractivity contribution in [1.29, 1.82) is 0 Å². The minimum atomic E-state index is 0.0827. The van der Waals surface area contributed by atoms with Crippen molar-refractivity contribution in [3.8, 4) is 0 Å². The largest absolute Gasteiger partial charge is 0.368 e. The highest BCUT2D eigenvalue weighted by molar-refractivity contribution is 5.76. The first-order chi connectivity index (χ1) is 8.22. The predicted molar refractivity (Wildman–Crippen MR) is 65.0 cm³/mol. The molecule has 1 unspecified atom stereocenters. The Kier molecular flexibility index (Phi) is 3.56. The van der Waals surface area contributed by atoms with Crippen LogP contribution in [0.4, 0.5) is 5.95 Å². The van der Waals surface area contributed by atoms with E-state index in [1.54, 1.807) is 6.20 Å². The summed E-state index contributed by atoms with van der Waals surface area (Å²) in [6.07, 6.45) is 5.14. The lowest BCUT2D eigenvalue weighted by Gasteiger charge is -2.24. The van der Waals surface area contributed by atoms with E-state index in [9.17, 15) is 4.79 Å². The molecule has 1 saturated heterocycles. The first kappa shape index (κ1) is 11.8. The molecule has 0 saturated carbocycles. The molecule has 92 valence electrons. The maximum atomic E-state index is 12.0. The highest BCUT2D eigenvalue weighted by Gasteiger charge is 2.30. The Morgan fingerprint density at radius 1 is 1.65 bits per heavy atom. The second-order valence-corrected chi connectivity index (χ2v) is 4.33. The zero-order chi connectivity index (χ0) is 12.3. The molecule has 1 aliphatic heterocycles.